The van der Waals surface area contributed by atoms with Crippen LogP contribution in [0.25, 0.3) is 0 Å². The summed E-state index contributed by atoms with van der Waals surface area (Å²) in [6.45, 7) is 3.91. The molecule has 0 spiro atoms. The van der Waals surface area contributed by atoms with Crippen molar-refractivity contribution in [1.29, 1.82) is 0 Å². The lowest BCUT2D eigenvalue weighted by Crippen LogP contribution is -2.37. The van der Waals surface area contributed by atoms with Crippen molar-refractivity contribution < 1.29 is 14.0 Å². The van der Waals surface area contributed by atoms with Crippen molar-refractivity contribution >= 4 is 23.6 Å². The average molecular weight is 360 g/mol. The highest BCUT2D eigenvalue weighted by atomic mass is 19.1. The zero-order chi connectivity index (χ0) is 19.3. The minimum atomic E-state index is -0.469. The molecule has 140 valence electrons. The third-order valence-electron chi connectivity index (χ3n) is 3.96. The first kappa shape index (κ1) is 19.6. The molecule has 0 heterocycles. The quantitative estimate of drug-likeness (QED) is 0.323. The van der Waals surface area contributed by atoms with E-state index in [1.807, 2.05) is 0 Å². The molecule has 0 aromatic heterocycles. The summed E-state index contributed by atoms with van der Waals surface area (Å²) >= 11 is 0. The molecule has 0 saturated heterocycles. The second-order valence-electron chi connectivity index (χ2n) is 6.73. The Hall–Kier alpha value is -2.70. The number of hydrazone groups is 1. The first-order chi connectivity index (χ1) is 12.3. The number of aldehydes is 1. The van der Waals surface area contributed by atoms with E-state index in [0.717, 1.165) is 18.4 Å². The summed E-state index contributed by atoms with van der Waals surface area (Å²) in [5.74, 6) is -0.368. The summed E-state index contributed by atoms with van der Waals surface area (Å²) < 4.78 is 14.2. The fraction of sp³-hybridized carbons (Fsp3) is 0.421. The summed E-state index contributed by atoms with van der Waals surface area (Å²) in [6.07, 6.45) is 2.82. The highest BCUT2D eigenvalue weighted by Gasteiger charge is 2.25. The number of amides is 1. The molecule has 1 aliphatic rings. The lowest BCUT2D eigenvalue weighted by atomic mass is 10.1. The number of nitrogens with zero attached hydrogens (tertiary/aromatic N) is 2. The number of halogens is 1. The van der Waals surface area contributed by atoms with Crippen LogP contribution < -0.4 is 10.6 Å². The minimum absolute atomic E-state index is 0.0419. The van der Waals surface area contributed by atoms with Gasteiger partial charge in [0.2, 0.25) is 0 Å². The van der Waals surface area contributed by atoms with Crippen LogP contribution in [0.1, 0.15) is 25.3 Å². The maximum Gasteiger partial charge on any atom is 0.273 e. The molecule has 1 amide bonds. The number of hydrogen-bond acceptors (Lipinski definition) is 5. The second kappa shape index (κ2) is 8.60. The fourth-order valence-electron chi connectivity index (χ4n) is 2.31. The van der Waals surface area contributed by atoms with Gasteiger partial charge in [-0.3, -0.25) is 9.59 Å². The van der Waals surface area contributed by atoms with Crippen molar-refractivity contribution in [2.24, 2.45) is 11.0 Å². The number of anilines is 1. The van der Waals surface area contributed by atoms with Gasteiger partial charge in [-0.1, -0.05) is 6.07 Å². The van der Waals surface area contributed by atoms with Crippen LogP contribution in [-0.2, 0) is 9.59 Å². The molecule has 1 aromatic carbocycles. The average Bonchev–Trinajstić information content (AvgIpc) is 3.41. The van der Waals surface area contributed by atoms with Gasteiger partial charge in [0.05, 0.1) is 11.4 Å². The van der Waals surface area contributed by atoms with Gasteiger partial charge in [0.1, 0.15) is 12.1 Å². The van der Waals surface area contributed by atoms with Crippen molar-refractivity contribution in [2.45, 2.75) is 26.7 Å². The van der Waals surface area contributed by atoms with Gasteiger partial charge < -0.3 is 15.6 Å². The summed E-state index contributed by atoms with van der Waals surface area (Å²) in [6, 6.07) is 4.69. The van der Waals surface area contributed by atoms with Crippen molar-refractivity contribution in [1.82, 2.24) is 10.3 Å². The fourth-order valence-corrected chi connectivity index (χ4v) is 2.31. The van der Waals surface area contributed by atoms with Gasteiger partial charge in [0, 0.05) is 26.2 Å². The van der Waals surface area contributed by atoms with Gasteiger partial charge in [0.15, 0.2) is 5.71 Å². The van der Waals surface area contributed by atoms with Crippen LogP contribution in [0.2, 0.25) is 0 Å². The first-order valence-electron chi connectivity index (χ1n) is 8.55. The Bertz CT molecular complexity index is 752. The van der Waals surface area contributed by atoms with Crippen LogP contribution in [0.4, 0.5) is 10.1 Å². The Morgan fingerprint density at radius 1 is 1.38 bits per heavy atom. The molecule has 0 radical (unpaired) electrons. The van der Waals surface area contributed by atoms with E-state index in [4.69, 9.17) is 0 Å². The van der Waals surface area contributed by atoms with Gasteiger partial charge in [0.25, 0.3) is 5.91 Å². The van der Waals surface area contributed by atoms with E-state index in [9.17, 15) is 14.0 Å². The van der Waals surface area contributed by atoms with E-state index in [0.29, 0.717) is 18.7 Å². The summed E-state index contributed by atoms with van der Waals surface area (Å²) in [7, 11) is 3.35. The van der Waals surface area contributed by atoms with Gasteiger partial charge >= 0.3 is 0 Å². The number of hydrogen-bond donors (Lipinski definition) is 2. The molecule has 2 N–H and O–H groups in total. The number of aryl methyl sites for hydroxylation is 1. The van der Waals surface area contributed by atoms with E-state index in [1.165, 1.54) is 11.1 Å². The van der Waals surface area contributed by atoms with Crippen LogP contribution in [0.3, 0.4) is 0 Å². The predicted octanol–water partition coefficient (Wildman–Crippen LogP) is 2.46. The molecular weight excluding hydrogens is 335 g/mol. The number of allylic oxidation sites excluding steroid dienone is 1. The summed E-state index contributed by atoms with van der Waals surface area (Å²) in [5, 5.41) is 11.4. The van der Waals surface area contributed by atoms with Crippen LogP contribution in [0.15, 0.2) is 34.6 Å². The topological polar surface area (TPSA) is 73.8 Å². The Kier molecular flexibility index (Phi) is 6.49. The van der Waals surface area contributed by atoms with Gasteiger partial charge in [-0.15, -0.1) is 0 Å². The van der Waals surface area contributed by atoms with E-state index in [2.05, 4.69) is 15.7 Å². The zero-order valence-electron chi connectivity index (χ0n) is 15.6. The van der Waals surface area contributed by atoms with E-state index in [-0.39, 0.29) is 22.7 Å². The normalized spacial score (nSPS) is 15.2. The van der Waals surface area contributed by atoms with E-state index < -0.39 is 11.7 Å². The third kappa shape index (κ3) is 5.40. The highest BCUT2D eigenvalue weighted by molar-refractivity contribution is 6.46. The zero-order valence-corrected chi connectivity index (χ0v) is 15.6. The first-order valence-corrected chi connectivity index (χ1v) is 8.55. The molecule has 2 rings (SSSR count). The number of rotatable bonds is 8. The molecule has 1 aromatic rings. The Labute approximate surface area is 153 Å². The Balaban J connectivity index is 2.36. The number of carbonyl (C=O) groups is 2. The maximum atomic E-state index is 14.2. The molecule has 0 unspecified atom stereocenters. The maximum absolute atomic E-state index is 14.2. The Morgan fingerprint density at radius 3 is 2.62 bits per heavy atom. The van der Waals surface area contributed by atoms with Crippen molar-refractivity contribution in [3.8, 4) is 0 Å². The molecule has 1 saturated carbocycles. The van der Waals surface area contributed by atoms with Crippen LogP contribution in [0.5, 0.6) is 0 Å². The molecule has 1 aliphatic carbocycles. The SMILES string of the molecule is C/C(C=O)=C(Nc1ccc(C)cc1F)/C(=N\N(C)C)C(=O)NCC1CC1. The molecule has 6 nitrogen and oxygen atoms in total. The molecule has 0 aliphatic heterocycles. The number of benzene rings is 1. The monoisotopic (exact) mass is 360 g/mol. The largest absolute Gasteiger partial charge is 0.351 e. The third-order valence-corrected chi connectivity index (χ3v) is 3.96. The second-order valence-corrected chi connectivity index (χ2v) is 6.73. The van der Waals surface area contributed by atoms with Crippen molar-refractivity contribution in [2.75, 3.05) is 26.0 Å². The van der Waals surface area contributed by atoms with Crippen LogP contribution >= 0.6 is 0 Å². The highest BCUT2D eigenvalue weighted by Crippen LogP contribution is 2.27. The Morgan fingerprint density at radius 2 is 2.08 bits per heavy atom. The standard InChI is InChI=1S/C19H25FN4O2/c1-12-5-8-16(15(20)9-12)22-17(13(2)11-25)18(23-24(3)4)19(26)21-10-14-6-7-14/h5,8-9,11,14,22H,6-7,10H2,1-4H3,(H,21,26)/b17-13+,23-18+. The van der Waals surface area contributed by atoms with Gasteiger partial charge in [-0.2, -0.15) is 5.10 Å². The minimum Gasteiger partial charge on any atom is -0.351 e. The van der Waals surface area contributed by atoms with Crippen LogP contribution in [-0.4, -0.2) is 43.6 Å². The van der Waals surface area contributed by atoms with E-state index >= 15 is 0 Å². The lowest BCUT2D eigenvalue weighted by Gasteiger charge is -2.17. The van der Waals surface area contributed by atoms with Crippen LogP contribution in [0, 0.1) is 18.7 Å². The number of carbonyl (C=O) groups excluding carboxylic acids is 2. The van der Waals surface area contributed by atoms with Crippen molar-refractivity contribution in [3.05, 3.63) is 40.8 Å². The molecule has 26 heavy (non-hydrogen) atoms. The molecular formula is C19H25FN4O2. The predicted molar refractivity (Wildman–Crippen MR) is 100 cm³/mol. The van der Waals surface area contributed by atoms with Gasteiger partial charge in [-0.05, 0) is 50.3 Å². The van der Waals surface area contributed by atoms with Gasteiger partial charge in [-0.25, -0.2) is 4.39 Å². The molecule has 7 heteroatoms. The summed E-state index contributed by atoms with van der Waals surface area (Å²) in [4.78, 5) is 24.0. The van der Waals surface area contributed by atoms with E-state index in [1.54, 1.807) is 40.1 Å². The number of nitrogens with one attached hydrogen (secondary N) is 2. The molecule has 0 atom stereocenters. The smallest absolute Gasteiger partial charge is 0.273 e. The molecule has 1 fully saturated rings. The summed E-state index contributed by atoms with van der Waals surface area (Å²) in [5.41, 5.74) is 1.43. The molecule has 0 bridgehead atoms. The lowest BCUT2D eigenvalue weighted by molar-refractivity contribution is -0.114. The van der Waals surface area contributed by atoms with Crippen molar-refractivity contribution in [3.63, 3.8) is 0 Å².